The molecule has 3 heterocycles. The molecule has 0 bridgehead atoms. The van der Waals surface area contributed by atoms with E-state index in [1.54, 1.807) is 17.0 Å². The average molecular weight is 457 g/mol. The van der Waals surface area contributed by atoms with E-state index in [0.29, 0.717) is 18.8 Å². The van der Waals surface area contributed by atoms with Gasteiger partial charge in [-0.15, -0.1) is 0 Å². The predicted octanol–water partition coefficient (Wildman–Crippen LogP) is 1.94. The highest BCUT2D eigenvalue weighted by Gasteiger charge is 2.46. The molecule has 33 heavy (non-hydrogen) atoms. The number of hydrogen-bond acceptors (Lipinski definition) is 5. The third-order valence-corrected chi connectivity index (χ3v) is 6.54. The van der Waals surface area contributed by atoms with Crippen LogP contribution in [0.15, 0.2) is 35.3 Å². The summed E-state index contributed by atoms with van der Waals surface area (Å²) in [5, 5.41) is 10.5. The summed E-state index contributed by atoms with van der Waals surface area (Å²) < 4.78 is 14.9. The first-order valence-electron chi connectivity index (χ1n) is 11.2. The number of carbonyl (C=O) groups is 2. The van der Waals surface area contributed by atoms with E-state index >= 15 is 0 Å². The van der Waals surface area contributed by atoms with Crippen LogP contribution in [0.25, 0.3) is 0 Å². The van der Waals surface area contributed by atoms with E-state index in [1.807, 2.05) is 6.92 Å². The number of aromatic hydroxyl groups is 1. The quantitative estimate of drug-likeness (QED) is 0.715. The second kappa shape index (κ2) is 8.62. The van der Waals surface area contributed by atoms with Gasteiger partial charge in [0.2, 0.25) is 5.43 Å². The minimum atomic E-state index is -0.953. The van der Waals surface area contributed by atoms with Crippen LogP contribution in [0, 0.1) is 11.7 Å². The van der Waals surface area contributed by atoms with Gasteiger partial charge in [0.15, 0.2) is 11.4 Å². The Morgan fingerprint density at radius 1 is 1.24 bits per heavy atom. The molecule has 0 radical (unpaired) electrons. The summed E-state index contributed by atoms with van der Waals surface area (Å²) in [6.07, 6.45) is 2.34. The van der Waals surface area contributed by atoms with Gasteiger partial charge in [-0.05, 0) is 43.4 Å². The predicted molar refractivity (Wildman–Crippen MR) is 120 cm³/mol. The molecule has 1 aromatic heterocycles. The first-order valence-corrected chi connectivity index (χ1v) is 11.2. The average Bonchev–Trinajstić information content (AvgIpc) is 2.74. The van der Waals surface area contributed by atoms with Gasteiger partial charge in [0.05, 0.1) is 6.54 Å². The van der Waals surface area contributed by atoms with Crippen LogP contribution in [0.2, 0.25) is 0 Å². The Morgan fingerprint density at radius 3 is 2.52 bits per heavy atom. The number of aromatic nitrogens is 1. The van der Waals surface area contributed by atoms with Crippen LogP contribution in [0.5, 0.6) is 5.75 Å². The maximum Gasteiger partial charge on any atom is 0.276 e. The fourth-order valence-corrected chi connectivity index (χ4v) is 5.15. The molecule has 1 saturated heterocycles. The molecule has 2 aliphatic heterocycles. The second-order valence-electron chi connectivity index (χ2n) is 9.44. The molecule has 2 aliphatic rings. The third kappa shape index (κ3) is 4.13. The number of hydrogen-bond donors (Lipinski definition) is 2. The first kappa shape index (κ1) is 23.0. The number of nitrogens with zero attached hydrogens (tertiary/aromatic N) is 3. The molecule has 0 saturated carbocycles. The fraction of sp³-hybridized carbons (Fsp3) is 0.458. The number of primary amides is 1. The monoisotopic (exact) mass is 456 g/mol. The molecule has 2 aromatic rings. The van der Waals surface area contributed by atoms with E-state index in [1.165, 1.54) is 22.9 Å². The molecule has 1 aromatic carbocycles. The zero-order valence-electron chi connectivity index (χ0n) is 19.0. The van der Waals surface area contributed by atoms with Crippen molar-refractivity contribution in [2.75, 3.05) is 6.54 Å². The molecule has 176 valence electrons. The fourth-order valence-electron chi connectivity index (χ4n) is 5.15. The molecule has 8 nitrogen and oxygen atoms in total. The second-order valence-corrected chi connectivity index (χ2v) is 9.44. The normalized spacial score (nSPS) is 22.9. The maximum absolute atomic E-state index is 13.5. The van der Waals surface area contributed by atoms with Crippen LogP contribution in [0.3, 0.4) is 0 Å². The number of halogens is 1. The van der Waals surface area contributed by atoms with Crippen molar-refractivity contribution in [3.8, 4) is 5.75 Å². The van der Waals surface area contributed by atoms with Crippen LogP contribution >= 0.6 is 0 Å². The lowest BCUT2D eigenvalue weighted by atomic mass is 9.91. The molecule has 1 fully saturated rings. The van der Waals surface area contributed by atoms with Crippen molar-refractivity contribution in [1.29, 1.82) is 0 Å². The zero-order chi connectivity index (χ0) is 24.0. The number of rotatable bonds is 5. The van der Waals surface area contributed by atoms with Crippen LogP contribution in [-0.2, 0) is 13.0 Å². The van der Waals surface area contributed by atoms with Gasteiger partial charge >= 0.3 is 0 Å². The standard InChI is InChI=1S/C24H29FN4O4/c1-13(2)10-28-17(9-15-4-6-16(25)7-5-15)8-14(3)29-19(28)12-27-11-18(23(26)32)21(30)22(31)20(27)24(29)33/h4-7,11,13-14,17,19,31H,8-10,12H2,1-3H3,(H2,26,32). The Bertz CT molecular complexity index is 1140. The summed E-state index contributed by atoms with van der Waals surface area (Å²) in [5.74, 6) is -2.11. The summed E-state index contributed by atoms with van der Waals surface area (Å²) >= 11 is 0. The van der Waals surface area contributed by atoms with Crippen molar-refractivity contribution in [3.05, 3.63) is 63.3 Å². The highest BCUT2D eigenvalue weighted by Crippen LogP contribution is 2.35. The van der Waals surface area contributed by atoms with Crippen LogP contribution in [-0.4, -0.2) is 56.1 Å². The number of carbonyl (C=O) groups excluding carboxylic acids is 2. The minimum absolute atomic E-state index is 0.104. The summed E-state index contributed by atoms with van der Waals surface area (Å²) in [6, 6.07) is 6.42. The summed E-state index contributed by atoms with van der Waals surface area (Å²) in [4.78, 5) is 41.6. The molecule has 9 heteroatoms. The third-order valence-electron chi connectivity index (χ3n) is 6.54. The number of nitrogens with two attached hydrogens (primary N) is 1. The van der Waals surface area contributed by atoms with Crippen LogP contribution < -0.4 is 11.2 Å². The van der Waals surface area contributed by atoms with E-state index in [9.17, 15) is 23.9 Å². The van der Waals surface area contributed by atoms with E-state index in [4.69, 9.17) is 5.73 Å². The molecule has 2 amide bonds. The van der Waals surface area contributed by atoms with Crippen LogP contribution in [0.4, 0.5) is 4.39 Å². The topological polar surface area (TPSA) is 109 Å². The summed E-state index contributed by atoms with van der Waals surface area (Å²) in [5.41, 5.74) is 4.94. The lowest BCUT2D eigenvalue weighted by Crippen LogP contribution is -2.67. The van der Waals surface area contributed by atoms with Crippen LogP contribution in [0.1, 0.15) is 53.6 Å². The van der Waals surface area contributed by atoms with E-state index in [-0.39, 0.29) is 41.9 Å². The Labute approximate surface area is 191 Å². The molecule has 3 N–H and O–H groups in total. The highest BCUT2D eigenvalue weighted by molar-refractivity contribution is 5.98. The lowest BCUT2D eigenvalue weighted by molar-refractivity contribution is -0.0654. The Balaban J connectivity index is 1.76. The number of amides is 2. The number of pyridine rings is 1. The Hall–Kier alpha value is -3.20. The van der Waals surface area contributed by atoms with Gasteiger partial charge in [0, 0.05) is 24.8 Å². The van der Waals surface area contributed by atoms with Crippen molar-refractivity contribution in [2.24, 2.45) is 11.7 Å². The van der Waals surface area contributed by atoms with Crippen molar-refractivity contribution in [3.63, 3.8) is 0 Å². The van der Waals surface area contributed by atoms with E-state index in [2.05, 4.69) is 18.7 Å². The molecule has 0 spiro atoms. The van der Waals surface area contributed by atoms with E-state index in [0.717, 1.165) is 12.1 Å². The Morgan fingerprint density at radius 2 is 1.91 bits per heavy atom. The van der Waals surface area contributed by atoms with Crippen molar-refractivity contribution in [2.45, 2.75) is 58.4 Å². The van der Waals surface area contributed by atoms with Gasteiger partial charge in [0.25, 0.3) is 11.8 Å². The molecular weight excluding hydrogens is 427 g/mol. The summed E-state index contributed by atoms with van der Waals surface area (Å²) in [7, 11) is 0. The maximum atomic E-state index is 13.5. The molecule has 3 unspecified atom stereocenters. The van der Waals surface area contributed by atoms with Crippen molar-refractivity contribution in [1.82, 2.24) is 14.4 Å². The number of fused-ring (bicyclic) bond motifs is 2. The largest absolute Gasteiger partial charge is 0.503 e. The van der Waals surface area contributed by atoms with Crippen molar-refractivity contribution >= 4 is 11.8 Å². The molecule has 4 rings (SSSR count). The SMILES string of the molecule is CC(C)CN1C(Cc2ccc(F)cc2)CC(C)N2C(=O)c3c(O)c(=O)c(C(N)=O)cn3CC12. The molecule has 0 aliphatic carbocycles. The highest BCUT2D eigenvalue weighted by atomic mass is 19.1. The van der Waals surface area contributed by atoms with Gasteiger partial charge in [-0.25, -0.2) is 4.39 Å². The summed E-state index contributed by atoms with van der Waals surface area (Å²) in [6.45, 7) is 7.16. The van der Waals surface area contributed by atoms with Gasteiger partial charge in [0.1, 0.15) is 17.5 Å². The van der Waals surface area contributed by atoms with Gasteiger partial charge in [-0.2, -0.15) is 0 Å². The number of benzene rings is 1. The Kier molecular flexibility index (Phi) is 6.00. The first-order chi connectivity index (χ1) is 15.6. The van der Waals surface area contributed by atoms with Gasteiger partial charge < -0.3 is 20.3 Å². The van der Waals surface area contributed by atoms with Gasteiger partial charge in [-0.3, -0.25) is 19.3 Å². The zero-order valence-corrected chi connectivity index (χ0v) is 19.0. The molecular formula is C24H29FN4O4. The van der Waals surface area contributed by atoms with E-state index < -0.39 is 23.0 Å². The molecule has 3 atom stereocenters. The lowest BCUT2D eigenvalue weighted by Gasteiger charge is -2.54. The van der Waals surface area contributed by atoms with Crippen molar-refractivity contribution < 1.29 is 19.1 Å². The minimum Gasteiger partial charge on any atom is -0.503 e. The van der Waals surface area contributed by atoms with Gasteiger partial charge in [-0.1, -0.05) is 26.0 Å². The smallest absolute Gasteiger partial charge is 0.276 e.